The van der Waals surface area contributed by atoms with Crippen LogP contribution in [0.2, 0.25) is 0 Å². The molecule has 0 atom stereocenters. The van der Waals surface area contributed by atoms with Gasteiger partial charge in [-0.3, -0.25) is 14.9 Å². The van der Waals surface area contributed by atoms with Gasteiger partial charge in [0.15, 0.2) is 0 Å². The van der Waals surface area contributed by atoms with Crippen LogP contribution >= 0.6 is 0 Å². The quantitative estimate of drug-likeness (QED) is 0.428. The van der Waals surface area contributed by atoms with Crippen LogP contribution in [0.5, 0.6) is 0 Å². The third-order valence-electron chi connectivity index (χ3n) is 6.09. The first-order valence-electron chi connectivity index (χ1n) is 10.8. The Bertz CT molecular complexity index is 1500. The van der Waals surface area contributed by atoms with E-state index in [2.05, 4.69) is 26.7 Å². The zero-order valence-electron chi connectivity index (χ0n) is 18.0. The highest BCUT2D eigenvalue weighted by Gasteiger charge is 2.24. The van der Waals surface area contributed by atoms with Crippen molar-refractivity contribution in [3.63, 3.8) is 0 Å². The molecule has 1 aliphatic rings. The zero-order chi connectivity index (χ0) is 23.2. The molecular weight excluding hydrogens is 438 g/mol. The smallest absolute Gasteiger partial charge is 0.258 e. The lowest BCUT2D eigenvalue weighted by Gasteiger charge is -2.08. The van der Waals surface area contributed by atoms with Crippen LogP contribution in [0.4, 0.5) is 0 Å². The Morgan fingerprint density at radius 2 is 1.52 bits per heavy atom. The number of amides is 2. The van der Waals surface area contributed by atoms with Crippen LogP contribution < -0.4 is 10.0 Å². The number of fused-ring (bicyclic) bond motifs is 3. The Kier molecular flexibility index (Phi) is 5.26. The van der Waals surface area contributed by atoms with Crippen LogP contribution in [0.15, 0.2) is 71.6 Å². The highest BCUT2D eigenvalue weighted by Crippen LogP contribution is 2.36. The molecule has 0 bridgehead atoms. The zero-order valence-corrected chi connectivity index (χ0v) is 18.9. The Balaban J connectivity index is 1.42. The van der Waals surface area contributed by atoms with E-state index in [-0.39, 0.29) is 10.5 Å². The van der Waals surface area contributed by atoms with E-state index in [0.717, 1.165) is 28.4 Å². The summed E-state index contributed by atoms with van der Waals surface area (Å²) in [5, 5.41) is 4.46. The van der Waals surface area contributed by atoms with Crippen LogP contribution in [0.1, 0.15) is 33.6 Å². The SMILES string of the molecule is CNS(=O)(=O)c1ccc(C(=O)NC(=O)c2ccc3c(c2)c2ccccc2n3CC2CC2)cc1. The molecule has 1 aliphatic carbocycles. The molecule has 0 saturated heterocycles. The van der Waals surface area contributed by atoms with Crippen LogP contribution in [-0.2, 0) is 16.6 Å². The number of imide groups is 1. The van der Waals surface area contributed by atoms with Crippen molar-refractivity contribution in [2.24, 2.45) is 5.92 Å². The Morgan fingerprint density at radius 3 is 2.21 bits per heavy atom. The summed E-state index contributed by atoms with van der Waals surface area (Å²) in [6, 6.07) is 19.0. The van der Waals surface area contributed by atoms with E-state index in [1.165, 1.54) is 44.2 Å². The van der Waals surface area contributed by atoms with E-state index in [4.69, 9.17) is 0 Å². The maximum atomic E-state index is 12.8. The van der Waals surface area contributed by atoms with Crippen molar-refractivity contribution in [3.05, 3.63) is 77.9 Å². The van der Waals surface area contributed by atoms with Gasteiger partial charge >= 0.3 is 0 Å². The number of nitrogens with zero attached hydrogens (tertiary/aromatic N) is 1. The fourth-order valence-corrected chi connectivity index (χ4v) is 4.83. The fourth-order valence-electron chi connectivity index (χ4n) is 4.10. The number of hydrogen-bond acceptors (Lipinski definition) is 4. The van der Waals surface area contributed by atoms with Crippen molar-refractivity contribution < 1.29 is 18.0 Å². The second-order valence-electron chi connectivity index (χ2n) is 8.32. The first-order valence-corrected chi connectivity index (χ1v) is 12.3. The van der Waals surface area contributed by atoms with Gasteiger partial charge in [-0.2, -0.15) is 0 Å². The van der Waals surface area contributed by atoms with Gasteiger partial charge in [-0.25, -0.2) is 13.1 Å². The van der Waals surface area contributed by atoms with Gasteiger partial charge in [-0.05, 0) is 74.3 Å². The minimum atomic E-state index is -3.60. The third kappa shape index (κ3) is 4.03. The van der Waals surface area contributed by atoms with Crippen molar-refractivity contribution >= 4 is 43.6 Å². The number of para-hydroxylation sites is 1. The van der Waals surface area contributed by atoms with Crippen LogP contribution in [0, 0.1) is 5.92 Å². The van der Waals surface area contributed by atoms with Crippen molar-refractivity contribution in [2.75, 3.05) is 7.05 Å². The number of aromatic nitrogens is 1. The summed E-state index contributed by atoms with van der Waals surface area (Å²) in [4.78, 5) is 25.4. The third-order valence-corrected chi connectivity index (χ3v) is 7.53. The predicted molar refractivity (Wildman–Crippen MR) is 127 cm³/mol. The molecule has 1 heterocycles. The van der Waals surface area contributed by atoms with Gasteiger partial charge < -0.3 is 4.57 Å². The number of sulfonamides is 1. The molecule has 168 valence electrons. The molecule has 33 heavy (non-hydrogen) atoms. The minimum absolute atomic E-state index is 0.0425. The molecule has 8 heteroatoms. The number of carbonyl (C=O) groups excluding carboxylic acids is 2. The maximum Gasteiger partial charge on any atom is 0.258 e. The topological polar surface area (TPSA) is 97.3 Å². The van der Waals surface area contributed by atoms with Gasteiger partial charge in [0.05, 0.1) is 4.90 Å². The highest BCUT2D eigenvalue weighted by molar-refractivity contribution is 7.89. The normalized spacial score (nSPS) is 14.0. The molecule has 3 aromatic carbocycles. The van der Waals surface area contributed by atoms with Crippen molar-refractivity contribution in [2.45, 2.75) is 24.3 Å². The standard InChI is InChI=1S/C25H23N3O4S/c1-26-33(31,32)19-11-8-17(9-12-19)24(29)27-25(30)18-10-13-23-21(14-18)20-4-2-3-5-22(20)28(23)15-16-6-7-16/h2-5,8-14,16,26H,6-7,15H2,1H3,(H,27,29,30). The first kappa shape index (κ1) is 21.4. The summed E-state index contributed by atoms with van der Waals surface area (Å²) in [5.41, 5.74) is 2.80. The van der Waals surface area contributed by atoms with E-state index in [9.17, 15) is 18.0 Å². The van der Waals surface area contributed by atoms with Crippen LogP contribution in [-0.4, -0.2) is 31.8 Å². The molecule has 0 spiro atoms. The van der Waals surface area contributed by atoms with E-state index in [0.29, 0.717) is 11.5 Å². The summed E-state index contributed by atoms with van der Waals surface area (Å²) in [6.07, 6.45) is 2.50. The number of carbonyl (C=O) groups is 2. The van der Waals surface area contributed by atoms with Gasteiger partial charge in [0.1, 0.15) is 0 Å². The molecule has 0 aliphatic heterocycles. The lowest BCUT2D eigenvalue weighted by molar-refractivity contribution is 0.0849. The Morgan fingerprint density at radius 1 is 0.879 bits per heavy atom. The van der Waals surface area contributed by atoms with Crippen molar-refractivity contribution in [1.29, 1.82) is 0 Å². The molecule has 1 saturated carbocycles. The van der Waals surface area contributed by atoms with E-state index in [1.54, 1.807) is 6.07 Å². The molecular formula is C25H23N3O4S. The molecule has 4 aromatic rings. The second kappa shape index (κ2) is 8.13. The number of rotatable bonds is 6. The molecule has 0 radical (unpaired) electrons. The molecule has 1 fully saturated rings. The summed E-state index contributed by atoms with van der Waals surface area (Å²) in [6.45, 7) is 0.966. The Labute approximate surface area is 191 Å². The molecule has 5 rings (SSSR count). The van der Waals surface area contributed by atoms with Gasteiger partial charge in [0.25, 0.3) is 11.8 Å². The van der Waals surface area contributed by atoms with Crippen molar-refractivity contribution in [3.8, 4) is 0 Å². The fraction of sp³-hybridized carbons (Fsp3) is 0.200. The number of nitrogens with one attached hydrogen (secondary N) is 2. The predicted octanol–water partition coefficient (Wildman–Crippen LogP) is 3.68. The summed E-state index contributed by atoms with van der Waals surface area (Å²) in [5.74, 6) is -0.392. The molecule has 1 aromatic heterocycles. The average molecular weight is 462 g/mol. The minimum Gasteiger partial charge on any atom is -0.340 e. The lowest BCUT2D eigenvalue weighted by Crippen LogP contribution is -2.30. The maximum absolute atomic E-state index is 12.8. The Hall–Kier alpha value is -3.49. The second-order valence-corrected chi connectivity index (χ2v) is 10.2. The first-order chi connectivity index (χ1) is 15.9. The van der Waals surface area contributed by atoms with Crippen LogP contribution in [0.3, 0.4) is 0 Å². The van der Waals surface area contributed by atoms with Crippen molar-refractivity contribution in [1.82, 2.24) is 14.6 Å². The van der Waals surface area contributed by atoms with Gasteiger partial charge in [-0.1, -0.05) is 18.2 Å². The molecule has 7 nitrogen and oxygen atoms in total. The van der Waals surface area contributed by atoms with Gasteiger partial charge in [0.2, 0.25) is 10.0 Å². The summed E-state index contributed by atoms with van der Waals surface area (Å²) >= 11 is 0. The average Bonchev–Trinajstić information content (AvgIpc) is 3.61. The summed E-state index contributed by atoms with van der Waals surface area (Å²) < 4.78 is 28.2. The van der Waals surface area contributed by atoms with E-state index < -0.39 is 21.8 Å². The molecule has 0 unspecified atom stereocenters. The number of hydrogen-bond donors (Lipinski definition) is 2. The highest BCUT2D eigenvalue weighted by atomic mass is 32.2. The monoisotopic (exact) mass is 461 g/mol. The molecule has 2 N–H and O–H groups in total. The number of benzene rings is 3. The lowest BCUT2D eigenvalue weighted by atomic mass is 10.1. The van der Waals surface area contributed by atoms with E-state index >= 15 is 0 Å². The van der Waals surface area contributed by atoms with Gasteiger partial charge in [0, 0.05) is 39.5 Å². The van der Waals surface area contributed by atoms with Gasteiger partial charge in [-0.15, -0.1) is 0 Å². The van der Waals surface area contributed by atoms with Crippen LogP contribution in [0.25, 0.3) is 21.8 Å². The molecule has 2 amide bonds. The van der Waals surface area contributed by atoms with E-state index in [1.807, 2.05) is 24.3 Å². The largest absolute Gasteiger partial charge is 0.340 e. The summed E-state index contributed by atoms with van der Waals surface area (Å²) in [7, 11) is -2.28.